The average molecular weight is 372 g/mol. The van der Waals surface area contributed by atoms with Crippen LogP contribution in [0.15, 0.2) is 46.0 Å². The molecule has 0 aliphatic heterocycles. The molecule has 0 heterocycles. The highest BCUT2D eigenvalue weighted by atomic mass is 79.9. The van der Waals surface area contributed by atoms with Crippen molar-refractivity contribution in [3.8, 4) is 5.75 Å². The molecule has 2 aromatic carbocycles. The van der Waals surface area contributed by atoms with E-state index < -0.39 is 11.7 Å². The van der Waals surface area contributed by atoms with E-state index >= 15 is 0 Å². The molecule has 2 rings (SSSR count). The minimum Gasteiger partial charge on any atom is -0.506 e. The number of carbonyl (C=O) groups excluding carboxylic acids is 1. The molecular formula is C14H9BrClFN2O2. The van der Waals surface area contributed by atoms with E-state index in [-0.39, 0.29) is 11.3 Å². The van der Waals surface area contributed by atoms with Crippen molar-refractivity contribution in [2.75, 3.05) is 0 Å². The van der Waals surface area contributed by atoms with Gasteiger partial charge in [-0.05, 0) is 52.3 Å². The first-order chi connectivity index (χ1) is 9.97. The lowest BCUT2D eigenvalue weighted by Crippen LogP contribution is -2.17. The fourth-order valence-corrected chi connectivity index (χ4v) is 2.34. The van der Waals surface area contributed by atoms with Crippen molar-refractivity contribution >= 4 is 39.7 Å². The maximum atomic E-state index is 12.7. The van der Waals surface area contributed by atoms with E-state index in [4.69, 9.17) is 11.6 Å². The third-order valence-electron chi connectivity index (χ3n) is 2.53. The summed E-state index contributed by atoms with van der Waals surface area (Å²) in [6, 6.07) is 8.07. The highest BCUT2D eigenvalue weighted by Crippen LogP contribution is 2.30. The molecule has 0 unspecified atom stereocenters. The molecule has 0 saturated heterocycles. The fraction of sp³-hybridized carbons (Fsp3) is 0. The van der Waals surface area contributed by atoms with Crippen molar-refractivity contribution in [2.24, 2.45) is 5.10 Å². The number of phenols is 1. The topological polar surface area (TPSA) is 61.7 Å². The highest BCUT2D eigenvalue weighted by molar-refractivity contribution is 9.10. The molecule has 0 saturated carbocycles. The smallest absolute Gasteiger partial charge is 0.271 e. The van der Waals surface area contributed by atoms with Gasteiger partial charge in [0, 0.05) is 16.1 Å². The van der Waals surface area contributed by atoms with E-state index in [1.807, 2.05) is 0 Å². The summed E-state index contributed by atoms with van der Waals surface area (Å²) in [4.78, 5) is 11.7. The lowest BCUT2D eigenvalue weighted by Gasteiger charge is -2.03. The van der Waals surface area contributed by atoms with Crippen LogP contribution in [0.25, 0.3) is 0 Å². The van der Waals surface area contributed by atoms with Crippen LogP contribution in [0, 0.1) is 5.82 Å². The Balaban J connectivity index is 2.09. The van der Waals surface area contributed by atoms with Crippen LogP contribution in [0.2, 0.25) is 5.02 Å². The van der Waals surface area contributed by atoms with Gasteiger partial charge in [-0.1, -0.05) is 11.6 Å². The van der Waals surface area contributed by atoms with Crippen molar-refractivity contribution in [1.82, 2.24) is 5.43 Å². The zero-order valence-electron chi connectivity index (χ0n) is 10.5. The third-order valence-corrected chi connectivity index (χ3v) is 3.36. The summed E-state index contributed by atoms with van der Waals surface area (Å²) in [5.41, 5.74) is 2.88. The van der Waals surface area contributed by atoms with Crippen LogP contribution >= 0.6 is 27.5 Å². The zero-order valence-corrected chi connectivity index (χ0v) is 12.8. The minimum absolute atomic E-state index is 0.0424. The summed E-state index contributed by atoms with van der Waals surface area (Å²) in [6.07, 6.45) is 1.26. The van der Waals surface area contributed by atoms with E-state index in [1.54, 1.807) is 0 Å². The van der Waals surface area contributed by atoms with Gasteiger partial charge < -0.3 is 5.11 Å². The SMILES string of the molecule is O=C(N/N=C/c1cc(Cl)cc(Br)c1O)c1ccc(F)cc1. The Bertz CT molecular complexity index is 705. The molecule has 4 nitrogen and oxygen atoms in total. The Morgan fingerprint density at radius 1 is 1.33 bits per heavy atom. The van der Waals surface area contributed by atoms with Crippen LogP contribution < -0.4 is 5.43 Å². The van der Waals surface area contributed by atoms with E-state index in [1.165, 1.54) is 42.6 Å². The molecule has 0 radical (unpaired) electrons. The van der Waals surface area contributed by atoms with Crippen LogP contribution in [0.1, 0.15) is 15.9 Å². The van der Waals surface area contributed by atoms with Gasteiger partial charge in [-0.25, -0.2) is 9.82 Å². The number of hydrogen-bond donors (Lipinski definition) is 2. The van der Waals surface area contributed by atoms with Crippen molar-refractivity contribution in [3.05, 3.63) is 62.8 Å². The number of benzene rings is 2. The lowest BCUT2D eigenvalue weighted by molar-refractivity contribution is 0.0955. The second-order valence-electron chi connectivity index (χ2n) is 4.03. The number of rotatable bonds is 3. The van der Waals surface area contributed by atoms with Gasteiger partial charge in [0.2, 0.25) is 0 Å². The molecule has 2 aromatic rings. The Kier molecular flexibility index (Phi) is 4.93. The standard InChI is InChI=1S/C14H9BrClFN2O2/c15-12-6-10(16)5-9(13(12)20)7-18-19-14(21)8-1-3-11(17)4-2-8/h1-7,20H,(H,19,21)/b18-7+. The van der Waals surface area contributed by atoms with Crippen LogP contribution in [0.5, 0.6) is 5.75 Å². The van der Waals surface area contributed by atoms with Gasteiger partial charge in [-0.3, -0.25) is 4.79 Å². The first kappa shape index (κ1) is 15.5. The normalized spacial score (nSPS) is 10.8. The highest BCUT2D eigenvalue weighted by Gasteiger charge is 2.07. The first-order valence-corrected chi connectivity index (χ1v) is 6.91. The quantitative estimate of drug-likeness (QED) is 0.638. The van der Waals surface area contributed by atoms with Gasteiger partial charge in [-0.2, -0.15) is 5.10 Å². The van der Waals surface area contributed by atoms with Gasteiger partial charge in [0.15, 0.2) is 0 Å². The lowest BCUT2D eigenvalue weighted by atomic mass is 10.2. The van der Waals surface area contributed by atoms with Crippen LogP contribution in [-0.2, 0) is 0 Å². The second-order valence-corrected chi connectivity index (χ2v) is 5.32. The fourth-order valence-electron chi connectivity index (χ4n) is 1.51. The molecule has 0 aromatic heterocycles. The number of nitrogens with one attached hydrogen (secondary N) is 1. The van der Waals surface area contributed by atoms with Gasteiger partial charge in [-0.15, -0.1) is 0 Å². The monoisotopic (exact) mass is 370 g/mol. The molecule has 0 atom stereocenters. The van der Waals surface area contributed by atoms with Crippen LogP contribution in [0.4, 0.5) is 4.39 Å². The van der Waals surface area contributed by atoms with Crippen molar-refractivity contribution in [1.29, 1.82) is 0 Å². The van der Waals surface area contributed by atoms with E-state index in [2.05, 4.69) is 26.5 Å². The number of nitrogens with zero attached hydrogens (tertiary/aromatic N) is 1. The summed E-state index contributed by atoms with van der Waals surface area (Å²) in [6.45, 7) is 0. The van der Waals surface area contributed by atoms with Gasteiger partial charge in [0.25, 0.3) is 5.91 Å². The molecule has 0 spiro atoms. The maximum absolute atomic E-state index is 12.7. The van der Waals surface area contributed by atoms with Crippen molar-refractivity contribution in [2.45, 2.75) is 0 Å². The zero-order chi connectivity index (χ0) is 15.4. The molecule has 7 heteroatoms. The van der Waals surface area contributed by atoms with Gasteiger partial charge in [0.05, 0.1) is 10.7 Å². The second kappa shape index (κ2) is 6.69. The van der Waals surface area contributed by atoms with E-state index in [0.29, 0.717) is 15.1 Å². The number of hydrogen-bond acceptors (Lipinski definition) is 3. The molecule has 21 heavy (non-hydrogen) atoms. The Labute approximate surface area is 133 Å². The number of phenolic OH excluding ortho intramolecular Hbond substituents is 1. The number of halogens is 3. The first-order valence-electron chi connectivity index (χ1n) is 5.74. The van der Waals surface area contributed by atoms with Crippen LogP contribution in [-0.4, -0.2) is 17.2 Å². The Hall–Kier alpha value is -1.92. The summed E-state index contributed by atoms with van der Waals surface area (Å²) in [5.74, 6) is -0.963. The number of carbonyl (C=O) groups is 1. The molecule has 108 valence electrons. The average Bonchev–Trinajstić information content (AvgIpc) is 2.44. The number of hydrazone groups is 1. The Morgan fingerprint density at radius 2 is 2.00 bits per heavy atom. The predicted molar refractivity (Wildman–Crippen MR) is 82.3 cm³/mol. The molecule has 2 N–H and O–H groups in total. The predicted octanol–water partition coefficient (Wildman–Crippen LogP) is 3.71. The third kappa shape index (κ3) is 4.03. The number of aromatic hydroxyl groups is 1. The van der Waals surface area contributed by atoms with Gasteiger partial charge >= 0.3 is 0 Å². The molecule has 1 amide bonds. The van der Waals surface area contributed by atoms with Crippen molar-refractivity contribution < 1.29 is 14.3 Å². The van der Waals surface area contributed by atoms with Crippen LogP contribution in [0.3, 0.4) is 0 Å². The molecule has 0 fully saturated rings. The largest absolute Gasteiger partial charge is 0.506 e. The Morgan fingerprint density at radius 3 is 2.67 bits per heavy atom. The summed E-state index contributed by atoms with van der Waals surface area (Å²) in [7, 11) is 0. The van der Waals surface area contributed by atoms with Crippen molar-refractivity contribution in [3.63, 3.8) is 0 Å². The van der Waals surface area contributed by atoms with E-state index in [9.17, 15) is 14.3 Å². The molecular weight excluding hydrogens is 363 g/mol. The minimum atomic E-state index is -0.494. The summed E-state index contributed by atoms with van der Waals surface area (Å²) in [5, 5.41) is 13.9. The van der Waals surface area contributed by atoms with E-state index in [0.717, 1.165) is 0 Å². The summed E-state index contributed by atoms with van der Waals surface area (Å²) < 4.78 is 13.2. The maximum Gasteiger partial charge on any atom is 0.271 e. The molecule has 0 aliphatic carbocycles. The van der Waals surface area contributed by atoms with Gasteiger partial charge in [0.1, 0.15) is 11.6 Å². The molecule has 0 bridgehead atoms. The molecule has 0 aliphatic rings. The number of amides is 1. The summed E-state index contributed by atoms with van der Waals surface area (Å²) >= 11 is 8.99.